The molecule has 0 saturated carbocycles. The summed E-state index contributed by atoms with van der Waals surface area (Å²) in [5.74, 6) is -0.607. The van der Waals surface area contributed by atoms with Crippen LogP contribution in [0, 0.1) is 17.1 Å². The van der Waals surface area contributed by atoms with Crippen molar-refractivity contribution in [2.75, 3.05) is 11.9 Å². The minimum absolute atomic E-state index is 0.0643. The number of aryl methyl sites for hydroxylation is 1. The van der Waals surface area contributed by atoms with Crippen LogP contribution in [-0.2, 0) is 17.6 Å². The maximum atomic E-state index is 13.1. The van der Waals surface area contributed by atoms with Gasteiger partial charge in [-0.1, -0.05) is 11.6 Å². The SMILES string of the molecule is N#Cc1c(NC(=O)COc2ccc(F)c(Cl)c2)sc2c1CCCC2. The molecule has 4 nitrogen and oxygen atoms in total. The topological polar surface area (TPSA) is 62.1 Å². The van der Waals surface area contributed by atoms with Crippen LogP contribution in [-0.4, -0.2) is 12.5 Å². The molecule has 1 aliphatic carbocycles. The van der Waals surface area contributed by atoms with Gasteiger partial charge in [0.25, 0.3) is 5.91 Å². The minimum atomic E-state index is -0.545. The zero-order valence-electron chi connectivity index (χ0n) is 12.7. The number of hydrogen-bond donors (Lipinski definition) is 1. The number of anilines is 1. The highest BCUT2D eigenvalue weighted by atomic mass is 35.5. The number of benzene rings is 1. The van der Waals surface area contributed by atoms with Crippen molar-refractivity contribution in [3.8, 4) is 11.8 Å². The number of thiophene rings is 1. The Hall–Kier alpha value is -2.10. The number of nitrogens with one attached hydrogen (secondary N) is 1. The van der Waals surface area contributed by atoms with Crippen molar-refractivity contribution >= 4 is 33.8 Å². The third kappa shape index (κ3) is 3.53. The summed E-state index contributed by atoms with van der Waals surface area (Å²) in [7, 11) is 0. The largest absolute Gasteiger partial charge is 0.484 e. The third-order valence-electron chi connectivity index (χ3n) is 3.80. The number of amides is 1. The molecule has 0 saturated heterocycles. The van der Waals surface area contributed by atoms with Crippen molar-refractivity contribution in [1.82, 2.24) is 0 Å². The van der Waals surface area contributed by atoms with E-state index in [2.05, 4.69) is 11.4 Å². The zero-order chi connectivity index (χ0) is 17.1. The van der Waals surface area contributed by atoms with E-state index < -0.39 is 5.82 Å². The molecule has 1 amide bonds. The number of carbonyl (C=O) groups excluding carboxylic acids is 1. The van der Waals surface area contributed by atoms with Crippen LogP contribution in [0.4, 0.5) is 9.39 Å². The van der Waals surface area contributed by atoms with Crippen molar-refractivity contribution < 1.29 is 13.9 Å². The molecule has 0 unspecified atom stereocenters. The van der Waals surface area contributed by atoms with Gasteiger partial charge >= 0.3 is 0 Å². The number of hydrogen-bond acceptors (Lipinski definition) is 4. The van der Waals surface area contributed by atoms with Gasteiger partial charge in [-0.05, 0) is 43.4 Å². The van der Waals surface area contributed by atoms with E-state index in [1.54, 1.807) is 0 Å². The minimum Gasteiger partial charge on any atom is -0.484 e. The average Bonchev–Trinajstić information content (AvgIpc) is 2.92. The normalized spacial score (nSPS) is 13.0. The van der Waals surface area contributed by atoms with Crippen molar-refractivity contribution in [3.05, 3.63) is 45.0 Å². The van der Waals surface area contributed by atoms with E-state index in [9.17, 15) is 14.4 Å². The first kappa shape index (κ1) is 16.7. The average molecular weight is 365 g/mol. The van der Waals surface area contributed by atoms with E-state index in [1.165, 1.54) is 34.4 Å². The molecule has 1 aromatic heterocycles. The summed E-state index contributed by atoms with van der Waals surface area (Å²) >= 11 is 7.13. The van der Waals surface area contributed by atoms with E-state index in [4.69, 9.17) is 16.3 Å². The van der Waals surface area contributed by atoms with Crippen LogP contribution in [0.2, 0.25) is 5.02 Å². The molecule has 7 heteroatoms. The summed E-state index contributed by atoms with van der Waals surface area (Å²) in [5, 5.41) is 12.6. The molecule has 0 aliphatic heterocycles. The van der Waals surface area contributed by atoms with Gasteiger partial charge in [0.15, 0.2) is 6.61 Å². The van der Waals surface area contributed by atoms with Crippen LogP contribution in [0.15, 0.2) is 18.2 Å². The summed E-state index contributed by atoms with van der Waals surface area (Å²) in [6.07, 6.45) is 4.02. The maximum absolute atomic E-state index is 13.1. The first-order valence-corrected chi connectivity index (χ1v) is 8.70. The monoisotopic (exact) mass is 364 g/mol. The van der Waals surface area contributed by atoms with Gasteiger partial charge in [-0.2, -0.15) is 5.26 Å². The van der Waals surface area contributed by atoms with Crippen molar-refractivity contribution in [2.24, 2.45) is 0 Å². The molecule has 2 aromatic rings. The lowest BCUT2D eigenvalue weighted by Gasteiger charge is -2.09. The van der Waals surface area contributed by atoms with Crippen molar-refractivity contribution in [3.63, 3.8) is 0 Å². The Morgan fingerprint density at radius 1 is 1.42 bits per heavy atom. The molecule has 3 rings (SSSR count). The summed E-state index contributed by atoms with van der Waals surface area (Å²) in [6, 6.07) is 6.09. The molecular formula is C17H14ClFN2O2S. The van der Waals surface area contributed by atoms with Gasteiger partial charge in [-0.25, -0.2) is 4.39 Å². The molecule has 1 heterocycles. The van der Waals surface area contributed by atoms with Gasteiger partial charge in [0, 0.05) is 10.9 Å². The number of rotatable bonds is 4. The molecule has 0 atom stereocenters. The molecule has 0 fully saturated rings. The van der Waals surface area contributed by atoms with Crippen LogP contribution in [0.25, 0.3) is 0 Å². The lowest BCUT2D eigenvalue weighted by molar-refractivity contribution is -0.118. The van der Waals surface area contributed by atoms with Gasteiger partial charge in [0.2, 0.25) is 0 Å². The molecule has 24 heavy (non-hydrogen) atoms. The first-order chi connectivity index (χ1) is 11.6. The Labute approximate surface area is 147 Å². The number of nitriles is 1. The molecule has 1 aromatic carbocycles. The van der Waals surface area contributed by atoms with Gasteiger partial charge in [-0.15, -0.1) is 11.3 Å². The zero-order valence-corrected chi connectivity index (χ0v) is 14.3. The Morgan fingerprint density at radius 2 is 2.21 bits per heavy atom. The molecule has 0 radical (unpaired) electrons. The fourth-order valence-corrected chi connectivity index (χ4v) is 4.08. The summed E-state index contributed by atoms with van der Waals surface area (Å²) in [6.45, 7) is -0.241. The lowest BCUT2D eigenvalue weighted by atomic mass is 9.96. The fourth-order valence-electron chi connectivity index (χ4n) is 2.65. The van der Waals surface area contributed by atoms with Crippen LogP contribution >= 0.6 is 22.9 Å². The second-order valence-corrected chi connectivity index (χ2v) is 6.95. The molecule has 124 valence electrons. The third-order valence-corrected chi connectivity index (χ3v) is 5.29. The fraction of sp³-hybridized carbons (Fsp3) is 0.294. The van der Waals surface area contributed by atoms with Crippen LogP contribution in [0.1, 0.15) is 28.8 Å². The highest BCUT2D eigenvalue weighted by Crippen LogP contribution is 2.37. The molecule has 0 bridgehead atoms. The smallest absolute Gasteiger partial charge is 0.262 e. The van der Waals surface area contributed by atoms with E-state index in [-0.39, 0.29) is 17.5 Å². The van der Waals surface area contributed by atoms with E-state index in [1.807, 2.05) is 0 Å². The number of ether oxygens (including phenoxy) is 1. The number of halogens is 2. The predicted octanol–water partition coefficient (Wildman–Crippen LogP) is 4.31. The number of carbonyl (C=O) groups is 1. The highest BCUT2D eigenvalue weighted by Gasteiger charge is 2.21. The second-order valence-electron chi connectivity index (χ2n) is 5.44. The van der Waals surface area contributed by atoms with E-state index in [0.29, 0.717) is 16.3 Å². The molecule has 0 spiro atoms. The van der Waals surface area contributed by atoms with E-state index in [0.717, 1.165) is 31.2 Å². The number of nitrogens with zero attached hydrogens (tertiary/aromatic N) is 1. The van der Waals surface area contributed by atoms with E-state index >= 15 is 0 Å². The predicted molar refractivity (Wildman–Crippen MR) is 91.2 cm³/mol. The molecular weight excluding hydrogens is 351 g/mol. The Kier molecular flexibility index (Phi) is 5.03. The Balaban J connectivity index is 1.66. The molecule has 1 N–H and O–H groups in total. The maximum Gasteiger partial charge on any atom is 0.262 e. The number of fused-ring (bicyclic) bond motifs is 1. The van der Waals surface area contributed by atoms with Crippen molar-refractivity contribution in [1.29, 1.82) is 5.26 Å². The highest BCUT2D eigenvalue weighted by molar-refractivity contribution is 7.16. The second kappa shape index (κ2) is 7.20. The van der Waals surface area contributed by atoms with Gasteiger partial charge in [0.05, 0.1) is 10.6 Å². The first-order valence-electron chi connectivity index (χ1n) is 7.51. The molecule has 1 aliphatic rings. The van der Waals surface area contributed by atoms with Crippen LogP contribution < -0.4 is 10.1 Å². The lowest BCUT2D eigenvalue weighted by Crippen LogP contribution is -2.20. The Morgan fingerprint density at radius 3 is 2.96 bits per heavy atom. The summed E-state index contributed by atoms with van der Waals surface area (Å²) in [5.41, 5.74) is 1.63. The van der Waals surface area contributed by atoms with Gasteiger partial charge in [0.1, 0.15) is 22.6 Å². The van der Waals surface area contributed by atoms with Crippen molar-refractivity contribution in [2.45, 2.75) is 25.7 Å². The quantitative estimate of drug-likeness (QED) is 0.879. The standard InChI is InChI=1S/C17H14ClFN2O2S/c18-13-7-10(5-6-14(13)19)23-9-16(22)21-17-12(8-20)11-3-1-2-4-15(11)24-17/h5-7H,1-4,9H2,(H,21,22). The van der Waals surface area contributed by atoms with Crippen LogP contribution in [0.3, 0.4) is 0 Å². The van der Waals surface area contributed by atoms with Crippen LogP contribution in [0.5, 0.6) is 5.75 Å². The van der Waals surface area contributed by atoms with Gasteiger partial charge in [-0.3, -0.25) is 4.79 Å². The Bertz CT molecular complexity index is 829. The van der Waals surface area contributed by atoms with Gasteiger partial charge < -0.3 is 10.1 Å². The summed E-state index contributed by atoms with van der Waals surface area (Å²) in [4.78, 5) is 13.3. The summed E-state index contributed by atoms with van der Waals surface area (Å²) < 4.78 is 18.4.